The fourth-order valence-electron chi connectivity index (χ4n) is 2.09. The minimum Gasteiger partial charge on any atom is -0.479 e. The molecule has 0 aromatic heterocycles. The molecule has 0 radical (unpaired) electrons. The summed E-state index contributed by atoms with van der Waals surface area (Å²) in [4.78, 5) is 25.2. The van der Waals surface area contributed by atoms with Gasteiger partial charge in [-0.05, 0) is 24.5 Å². The highest BCUT2D eigenvalue weighted by Crippen LogP contribution is 2.30. The van der Waals surface area contributed by atoms with E-state index in [1.807, 2.05) is 6.26 Å². The number of likely N-dealkylation sites (tertiary alicyclic amines) is 1. The summed E-state index contributed by atoms with van der Waals surface area (Å²) in [6.45, 7) is -0.373. The van der Waals surface area contributed by atoms with Crippen molar-refractivity contribution in [3.05, 3.63) is 28.8 Å². The van der Waals surface area contributed by atoms with Crippen LogP contribution >= 0.6 is 23.4 Å². The van der Waals surface area contributed by atoms with E-state index in [4.69, 9.17) is 16.7 Å². The standard InChI is InChI=1S/C13H13ClFNO3S/c1-20-8-2-3-10(14)9(6-8)11(17)16-5-4-13(15,7-16)12(18)19/h2-3,6H,4-5,7H2,1H3,(H,18,19). The van der Waals surface area contributed by atoms with Gasteiger partial charge in [-0.2, -0.15) is 0 Å². The first kappa shape index (κ1) is 15.1. The number of alkyl halides is 1. The number of thioether (sulfide) groups is 1. The molecule has 1 aromatic rings. The second-order valence-electron chi connectivity index (χ2n) is 4.59. The number of amides is 1. The van der Waals surface area contributed by atoms with Gasteiger partial charge in [-0.25, -0.2) is 9.18 Å². The Bertz CT molecular complexity index is 569. The predicted octanol–water partition coefficient (Wildman–Crippen LogP) is 2.70. The van der Waals surface area contributed by atoms with Gasteiger partial charge in [0.15, 0.2) is 0 Å². The van der Waals surface area contributed by atoms with Crippen molar-refractivity contribution in [2.24, 2.45) is 0 Å². The monoisotopic (exact) mass is 317 g/mol. The second kappa shape index (κ2) is 5.61. The molecule has 1 heterocycles. The quantitative estimate of drug-likeness (QED) is 0.871. The van der Waals surface area contributed by atoms with E-state index in [0.29, 0.717) is 0 Å². The van der Waals surface area contributed by atoms with Gasteiger partial charge < -0.3 is 10.0 Å². The lowest BCUT2D eigenvalue weighted by atomic mass is 10.1. The number of aliphatic carboxylic acids is 1. The SMILES string of the molecule is CSc1ccc(Cl)c(C(=O)N2CCC(F)(C(=O)O)C2)c1. The van der Waals surface area contributed by atoms with Crippen molar-refractivity contribution >= 4 is 35.2 Å². The summed E-state index contributed by atoms with van der Waals surface area (Å²) < 4.78 is 14.0. The molecule has 20 heavy (non-hydrogen) atoms. The Kier molecular flexibility index (Phi) is 4.25. The molecule has 0 spiro atoms. The van der Waals surface area contributed by atoms with Crippen molar-refractivity contribution in [3.63, 3.8) is 0 Å². The van der Waals surface area contributed by atoms with E-state index in [1.165, 1.54) is 16.7 Å². The lowest BCUT2D eigenvalue weighted by molar-refractivity contribution is -0.149. The summed E-state index contributed by atoms with van der Waals surface area (Å²) in [5.74, 6) is -1.97. The highest BCUT2D eigenvalue weighted by Gasteiger charge is 2.47. The van der Waals surface area contributed by atoms with Gasteiger partial charge in [0, 0.05) is 17.9 Å². The Labute approximate surface area is 124 Å². The first-order valence-corrected chi connectivity index (χ1v) is 7.53. The Hall–Kier alpha value is -1.27. The van der Waals surface area contributed by atoms with Gasteiger partial charge >= 0.3 is 5.97 Å². The van der Waals surface area contributed by atoms with E-state index in [0.717, 1.165) is 4.90 Å². The Morgan fingerprint density at radius 3 is 2.75 bits per heavy atom. The number of hydrogen-bond donors (Lipinski definition) is 1. The molecule has 1 saturated heterocycles. The normalized spacial score (nSPS) is 22.1. The largest absolute Gasteiger partial charge is 0.479 e. The van der Waals surface area contributed by atoms with Crippen LogP contribution in [0.3, 0.4) is 0 Å². The molecule has 1 aliphatic rings. The molecule has 7 heteroatoms. The summed E-state index contributed by atoms with van der Waals surface area (Å²) in [5.41, 5.74) is -2.09. The zero-order valence-corrected chi connectivity index (χ0v) is 12.3. The second-order valence-corrected chi connectivity index (χ2v) is 5.88. The van der Waals surface area contributed by atoms with Crippen LogP contribution < -0.4 is 0 Å². The van der Waals surface area contributed by atoms with Crippen LogP contribution in [0.15, 0.2) is 23.1 Å². The van der Waals surface area contributed by atoms with E-state index < -0.39 is 24.1 Å². The minimum atomic E-state index is -2.36. The zero-order valence-electron chi connectivity index (χ0n) is 10.7. The topological polar surface area (TPSA) is 57.6 Å². The molecule has 1 amide bonds. The summed E-state index contributed by atoms with van der Waals surface area (Å²) in [6.07, 6.45) is 1.66. The van der Waals surface area contributed by atoms with Gasteiger partial charge in [0.1, 0.15) is 0 Å². The molecule has 1 aliphatic heterocycles. The molecular formula is C13H13ClFNO3S. The fourth-order valence-corrected chi connectivity index (χ4v) is 2.72. The van der Waals surface area contributed by atoms with Gasteiger partial charge in [0.2, 0.25) is 5.67 Å². The summed E-state index contributed by atoms with van der Waals surface area (Å²) in [5, 5.41) is 9.11. The number of nitrogens with zero attached hydrogens (tertiary/aromatic N) is 1. The van der Waals surface area contributed by atoms with E-state index in [1.54, 1.807) is 18.2 Å². The fraction of sp³-hybridized carbons (Fsp3) is 0.385. The van der Waals surface area contributed by atoms with Crippen molar-refractivity contribution in [3.8, 4) is 0 Å². The Morgan fingerprint density at radius 2 is 2.20 bits per heavy atom. The summed E-state index contributed by atoms with van der Waals surface area (Å²) >= 11 is 7.45. The van der Waals surface area contributed by atoms with Crippen LogP contribution in [0.2, 0.25) is 5.02 Å². The first-order valence-electron chi connectivity index (χ1n) is 5.92. The predicted molar refractivity (Wildman–Crippen MR) is 75.2 cm³/mol. The molecule has 1 atom stereocenters. The molecule has 4 nitrogen and oxygen atoms in total. The molecule has 2 rings (SSSR count). The van der Waals surface area contributed by atoms with Crippen molar-refractivity contribution in [1.82, 2.24) is 4.90 Å². The minimum absolute atomic E-state index is 0.0709. The number of hydrogen-bond acceptors (Lipinski definition) is 3. The number of carbonyl (C=O) groups excluding carboxylic acids is 1. The van der Waals surface area contributed by atoms with Crippen molar-refractivity contribution in [2.45, 2.75) is 17.0 Å². The molecular weight excluding hydrogens is 305 g/mol. The molecule has 1 aromatic carbocycles. The number of benzene rings is 1. The summed E-state index contributed by atoms with van der Waals surface area (Å²) in [6, 6.07) is 5.02. The first-order chi connectivity index (χ1) is 9.37. The maximum Gasteiger partial charge on any atom is 0.343 e. The van der Waals surface area contributed by atoms with E-state index >= 15 is 0 Å². The average Bonchev–Trinajstić information content (AvgIpc) is 2.83. The van der Waals surface area contributed by atoms with Crippen LogP contribution in [0, 0.1) is 0 Å². The van der Waals surface area contributed by atoms with Crippen LogP contribution in [-0.2, 0) is 4.79 Å². The molecule has 1 fully saturated rings. The van der Waals surface area contributed by atoms with Crippen LogP contribution in [0.1, 0.15) is 16.8 Å². The van der Waals surface area contributed by atoms with Gasteiger partial charge in [-0.15, -0.1) is 11.8 Å². The van der Waals surface area contributed by atoms with Crippen molar-refractivity contribution in [1.29, 1.82) is 0 Å². The number of rotatable bonds is 3. The maximum absolute atomic E-state index is 14.0. The highest BCUT2D eigenvalue weighted by molar-refractivity contribution is 7.98. The van der Waals surface area contributed by atoms with Crippen molar-refractivity contribution < 1.29 is 19.1 Å². The molecule has 1 N–H and O–H groups in total. The summed E-state index contributed by atoms with van der Waals surface area (Å²) in [7, 11) is 0. The van der Waals surface area contributed by atoms with Crippen molar-refractivity contribution in [2.75, 3.05) is 19.3 Å². The molecule has 108 valence electrons. The molecule has 1 unspecified atom stereocenters. The van der Waals surface area contributed by atoms with Gasteiger partial charge in [-0.1, -0.05) is 11.6 Å². The molecule has 0 bridgehead atoms. The van der Waals surface area contributed by atoms with E-state index in [2.05, 4.69) is 0 Å². The van der Waals surface area contributed by atoms with Gasteiger partial charge in [0.25, 0.3) is 5.91 Å². The lowest BCUT2D eigenvalue weighted by Gasteiger charge is -2.18. The third-order valence-electron chi connectivity index (χ3n) is 3.29. The third-order valence-corrected chi connectivity index (χ3v) is 4.35. The number of halogens is 2. The van der Waals surface area contributed by atoms with E-state index in [9.17, 15) is 14.0 Å². The third kappa shape index (κ3) is 2.76. The maximum atomic E-state index is 14.0. The number of carbonyl (C=O) groups is 2. The highest BCUT2D eigenvalue weighted by atomic mass is 35.5. The van der Waals surface area contributed by atoms with Crippen LogP contribution in [0.4, 0.5) is 4.39 Å². The molecule has 0 aliphatic carbocycles. The Balaban J connectivity index is 2.23. The van der Waals surface area contributed by atoms with Gasteiger partial charge in [0.05, 0.1) is 17.1 Å². The average molecular weight is 318 g/mol. The van der Waals surface area contributed by atoms with Crippen LogP contribution in [-0.4, -0.2) is 46.9 Å². The van der Waals surface area contributed by atoms with E-state index in [-0.39, 0.29) is 23.6 Å². The van der Waals surface area contributed by atoms with Gasteiger partial charge in [-0.3, -0.25) is 4.79 Å². The lowest BCUT2D eigenvalue weighted by Crippen LogP contribution is -2.39. The number of carboxylic acids is 1. The number of carboxylic acid groups (broad SMARTS) is 1. The molecule has 0 saturated carbocycles. The Morgan fingerprint density at radius 1 is 1.50 bits per heavy atom. The van der Waals surface area contributed by atoms with Crippen LogP contribution in [0.5, 0.6) is 0 Å². The smallest absolute Gasteiger partial charge is 0.343 e. The zero-order chi connectivity index (χ0) is 14.9. The van der Waals surface area contributed by atoms with Crippen LogP contribution in [0.25, 0.3) is 0 Å².